The maximum atomic E-state index is 12.2. The summed E-state index contributed by atoms with van der Waals surface area (Å²) >= 11 is 0. The Morgan fingerprint density at radius 3 is 2.74 bits per heavy atom. The molecule has 3 aromatic rings. The number of aryl methyl sites for hydroxylation is 1. The average molecular weight is 307 g/mol. The predicted molar refractivity (Wildman–Crippen MR) is 88.6 cm³/mol. The molecule has 0 radical (unpaired) electrons. The lowest BCUT2D eigenvalue weighted by atomic mass is 10.1. The van der Waals surface area contributed by atoms with Gasteiger partial charge in [-0.3, -0.25) is 0 Å². The van der Waals surface area contributed by atoms with E-state index < -0.39 is 5.97 Å². The second-order valence-electron chi connectivity index (χ2n) is 5.28. The second kappa shape index (κ2) is 6.48. The van der Waals surface area contributed by atoms with Crippen LogP contribution in [0.1, 0.15) is 21.6 Å². The van der Waals surface area contributed by atoms with Crippen LogP contribution in [0.4, 0.5) is 0 Å². The van der Waals surface area contributed by atoms with Crippen molar-refractivity contribution >= 4 is 16.9 Å². The van der Waals surface area contributed by atoms with Crippen LogP contribution < -0.4 is 4.74 Å². The Balaban J connectivity index is 1.77. The molecule has 1 heterocycles. The van der Waals surface area contributed by atoms with Crippen LogP contribution in [0.2, 0.25) is 0 Å². The Kier molecular flexibility index (Phi) is 4.24. The zero-order chi connectivity index (χ0) is 16.2. The van der Waals surface area contributed by atoms with Crippen molar-refractivity contribution in [2.24, 2.45) is 0 Å². The molecule has 23 heavy (non-hydrogen) atoms. The van der Waals surface area contributed by atoms with Crippen LogP contribution in [0, 0.1) is 6.92 Å². The lowest BCUT2D eigenvalue weighted by molar-refractivity contribution is 0.0463. The number of pyridine rings is 1. The number of hydrogen-bond donors (Lipinski definition) is 0. The number of nitrogens with zero attached hydrogens (tertiary/aromatic N) is 1. The number of rotatable bonds is 4. The first kappa shape index (κ1) is 15.0. The zero-order valence-corrected chi connectivity index (χ0v) is 13.1. The summed E-state index contributed by atoms with van der Waals surface area (Å²) in [7, 11) is 1.60. The Hall–Kier alpha value is -2.88. The van der Waals surface area contributed by atoms with Crippen LogP contribution in [-0.4, -0.2) is 18.1 Å². The third kappa shape index (κ3) is 3.31. The molecule has 0 aliphatic heterocycles. The molecule has 0 N–H and O–H groups in total. The van der Waals surface area contributed by atoms with Gasteiger partial charge in [0.1, 0.15) is 18.1 Å². The van der Waals surface area contributed by atoms with Crippen LogP contribution in [0.15, 0.2) is 54.6 Å². The van der Waals surface area contributed by atoms with Crippen molar-refractivity contribution in [2.75, 3.05) is 7.11 Å². The molecule has 4 nitrogen and oxygen atoms in total. The molecule has 4 heteroatoms. The van der Waals surface area contributed by atoms with Gasteiger partial charge in [0.2, 0.25) is 0 Å². The van der Waals surface area contributed by atoms with Gasteiger partial charge in [-0.05, 0) is 31.2 Å². The second-order valence-corrected chi connectivity index (χ2v) is 5.28. The lowest BCUT2D eigenvalue weighted by Crippen LogP contribution is -2.08. The number of esters is 1. The highest BCUT2D eigenvalue weighted by Gasteiger charge is 2.12. The van der Waals surface area contributed by atoms with E-state index in [1.807, 2.05) is 55.5 Å². The SMILES string of the molecule is COc1ccc(C)cc1COC(=O)c1ccc2ccccc2n1. The van der Waals surface area contributed by atoms with Gasteiger partial charge >= 0.3 is 5.97 Å². The summed E-state index contributed by atoms with van der Waals surface area (Å²) in [6.07, 6.45) is 0. The number of ether oxygens (including phenoxy) is 2. The Bertz CT molecular complexity index is 858. The van der Waals surface area contributed by atoms with E-state index in [1.165, 1.54) is 0 Å². The number of carbonyl (C=O) groups is 1. The highest BCUT2D eigenvalue weighted by atomic mass is 16.5. The Labute approximate surface area is 134 Å². The van der Waals surface area contributed by atoms with E-state index in [0.29, 0.717) is 11.4 Å². The largest absolute Gasteiger partial charge is 0.496 e. The molecule has 0 aliphatic carbocycles. The molecule has 1 aromatic heterocycles. The maximum absolute atomic E-state index is 12.2. The first-order chi connectivity index (χ1) is 11.2. The van der Waals surface area contributed by atoms with E-state index in [2.05, 4.69) is 4.98 Å². The van der Waals surface area contributed by atoms with Gasteiger partial charge in [0.05, 0.1) is 12.6 Å². The summed E-state index contributed by atoms with van der Waals surface area (Å²) in [6, 6.07) is 17.0. The van der Waals surface area contributed by atoms with Gasteiger partial charge in [0, 0.05) is 10.9 Å². The van der Waals surface area contributed by atoms with Gasteiger partial charge in [-0.15, -0.1) is 0 Å². The molecule has 0 unspecified atom stereocenters. The molecule has 0 aliphatic rings. The van der Waals surface area contributed by atoms with Crippen molar-refractivity contribution < 1.29 is 14.3 Å². The number of fused-ring (bicyclic) bond motifs is 1. The fraction of sp³-hybridized carbons (Fsp3) is 0.158. The highest BCUT2D eigenvalue weighted by Crippen LogP contribution is 2.21. The molecular formula is C19H17NO3. The fourth-order valence-electron chi connectivity index (χ4n) is 2.42. The van der Waals surface area contributed by atoms with Gasteiger partial charge in [0.15, 0.2) is 0 Å². The summed E-state index contributed by atoms with van der Waals surface area (Å²) in [5.74, 6) is 0.259. The first-order valence-corrected chi connectivity index (χ1v) is 7.34. The smallest absolute Gasteiger partial charge is 0.357 e. The van der Waals surface area contributed by atoms with Gasteiger partial charge in [-0.25, -0.2) is 9.78 Å². The monoisotopic (exact) mass is 307 g/mol. The average Bonchev–Trinajstić information content (AvgIpc) is 2.59. The van der Waals surface area contributed by atoms with E-state index in [4.69, 9.17) is 9.47 Å². The molecule has 0 saturated carbocycles. The molecule has 0 spiro atoms. The number of carbonyl (C=O) groups excluding carboxylic acids is 1. The summed E-state index contributed by atoms with van der Waals surface area (Å²) in [4.78, 5) is 16.6. The minimum absolute atomic E-state index is 0.151. The Morgan fingerprint density at radius 1 is 1.09 bits per heavy atom. The van der Waals surface area contributed by atoms with Crippen molar-refractivity contribution in [2.45, 2.75) is 13.5 Å². The summed E-state index contributed by atoms with van der Waals surface area (Å²) in [6.45, 7) is 2.13. The molecule has 0 fully saturated rings. The number of methoxy groups -OCH3 is 1. The Morgan fingerprint density at radius 2 is 1.91 bits per heavy atom. The van der Waals surface area contributed by atoms with Crippen LogP contribution >= 0.6 is 0 Å². The fourth-order valence-corrected chi connectivity index (χ4v) is 2.42. The van der Waals surface area contributed by atoms with Crippen molar-refractivity contribution in [3.05, 3.63) is 71.4 Å². The summed E-state index contributed by atoms with van der Waals surface area (Å²) in [5.41, 5.74) is 2.99. The predicted octanol–water partition coefficient (Wildman–Crippen LogP) is 3.91. The molecule has 3 rings (SSSR count). The number of aromatic nitrogens is 1. The summed E-state index contributed by atoms with van der Waals surface area (Å²) in [5, 5.41) is 0.990. The standard InChI is InChI=1S/C19H17NO3/c1-13-7-10-18(22-2)15(11-13)12-23-19(21)17-9-8-14-5-3-4-6-16(14)20-17/h3-11H,12H2,1-2H3. The molecule has 0 amide bonds. The molecule has 0 saturated heterocycles. The number of hydrogen-bond acceptors (Lipinski definition) is 4. The third-order valence-electron chi connectivity index (χ3n) is 3.60. The maximum Gasteiger partial charge on any atom is 0.357 e. The van der Waals surface area contributed by atoms with Gasteiger partial charge in [0.25, 0.3) is 0 Å². The molecule has 0 bridgehead atoms. The van der Waals surface area contributed by atoms with Crippen molar-refractivity contribution in [3.8, 4) is 5.75 Å². The van der Waals surface area contributed by atoms with E-state index in [0.717, 1.165) is 22.0 Å². The molecular weight excluding hydrogens is 290 g/mol. The zero-order valence-electron chi connectivity index (χ0n) is 13.1. The van der Waals surface area contributed by atoms with Gasteiger partial charge < -0.3 is 9.47 Å². The molecule has 0 atom stereocenters. The molecule has 2 aromatic carbocycles. The van der Waals surface area contributed by atoms with Crippen molar-refractivity contribution in [1.29, 1.82) is 0 Å². The van der Waals surface area contributed by atoms with E-state index >= 15 is 0 Å². The molecule has 116 valence electrons. The summed E-state index contributed by atoms with van der Waals surface area (Å²) < 4.78 is 10.7. The lowest BCUT2D eigenvalue weighted by Gasteiger charge is -2.10. The minimum atomic E-state index is -0.445. The minimum Gasteiger partial charge on any atom is -0.496 e. The normalized spacial score (nSPS) is 10.5. The third-order valence-corrected chi connectivity index (χ3v) is 3.60. The number of para-hydroxylation sites is 1. The van der Waals surface area contributed by atoms with Crippen molar-refractivity contribution in [1.82, 2.24) is 4.98 Å². The van der Waals surface area contributed by atoms with Gasteiger partial charge in [-0.1, -0.05) is 35.9 Å². The van der Waals surface area contributed by atoms with Crippen LogP contribution in [0.25, 0.3) is 10.9 Å². The number of benzene rings is 2. The van der Waals surface area contributed by atoms with Crippen molar-refractivity contribution in [3.63, 3.8) is 0 Å². The van der Waals surface area contributed by atoms with Gasteiger partial charge in [-0.2, -0.15) is 0 Å². The topological polar surface area (TPSA) is 48.4 Å². The van der Waals surface area contributed by atoms with Crippen LogP contribution in [0.3, 0.4) is 0 Å². The first-order valence-electron chi connectivity index (χ1n) is 7.34. The highest BCUT2D eigenvalue weighted by molar-refractivity contribution is 5.91. The quantitative estimate of drug-likeness (QED) is 0.686. The van der Waals surface area contributed by atoms with E-state index in [-0.39, 0.29) is 6.61 Å². The van der Waals surface area contributed by atoms with E-state index in [9.17, 15) is 4.79 Å². The van der Waals surface area contributed by atoms with Crippen LogP contribution in [0.5, 0.6) is 5.75 Å². The van der Waals surface area contributed by atoms with Crippen LogP contribution in [-0.2, 0) is 11.3 Å². The van der Waals surface area contributed by atoms with E-state index in [1.54, 1.807) is 13.2 Å².